The number of rotatable bonds is 0. The van der Waals surface area contributed by atoms with Crippen molar-refractivity contribution >= 4 is 18.7 Å². The molecule has 0 N–H and O–H groups in total. The Morgan fingerprint density at radius 1 is 0.929 bits per heavy atom. The van der Waals surface area contributed by atoms with Gasteiger partial charge in [0.15, 0.2) is 0 Å². The van der Waals surface area contributed by atoms with Gasteiger partial charge in [-0.05, 0) is 40.9 Å². The third-order valence-corrected chi connectivity index (χ3v) is 4.72. The normalized spacial score (nSPS) is 16.1. The Kier molecular flexibility index (Phi) is 1.85. The average Bonchev–Trinajstić information content (AvgIpc) is 2.18. The molecule has 0 bridgehead atoms. The Labute approximate surface area is 85.7 Å². The predicted octanol–water partition coefficient (Wildman–Crippen LogP) is 3.97. The second-order valence-electron chi connectivity index (χ2n) is 4.10. The van der Waals surface area contributed by atoms with Crippen LogP contribution in [0.5, 0.6) is 0 Å². The SMILES string of the molecule is CP1Cc2cccc3cccc(c23)C1. The first-order valence-corrected chi connectivity index (χ1v) is 7.18. The van der Waals surface area contributed by atoms with Gasteiger partial charge in [0.25, 0.3) is 0 Å². The highest BCUT2D eigenvalue weighted by Gasteiger charge is 2.15. The zero-order valence-corrected chi connectivity index (χ0v) is 9.22. The second kappa shape index (κ2) is 3.07. The van der Waals surface area contributed by atoms with Crippen LogP contribution in [0.25, 0.3) is 10.8 Å². The third kappa shape index (κ3) is 1.18. The summed E-state index contributed by atoms with van der Waals surface area (Å²) in [5.74, 6) is 0. The molecule has 2 aromatic rings. The molecular formula is C13H13P. The minimum atomic E-state index is 0.196. The van der Waals surface area contributed by atoms with Gasteiger partial charge >= 0.3 is 0 Å². The largest absolute Gasteiger partial charge is 0.101 e. The van der Waals surface area contributed by atoms with E-state index < -0.39 is 0 Å². The molecule has 0 radical (unpaired) electrons. The summed E-state index contributed by atoms with van der Waals surface area (Å²) in [5.41, 5.74) is 3.14. The molecule has 0 aliphatic carbocycles. The van der Waals surface area contributed by atoms with Crippen molar-refractivity contribution in [2.45, 2.75) is 12.3 Å². The maximum Gasteiger partial charge on any atom is -0.00663 e. The van der Waals surface area contributed by atoms with E-state index in [2.05, 4.69) is 43.1 Å². The molecular weight excluding hydrogens is 187 g/mol. The zero-order valence-electron chi connectivity index (χ0n) is 8.33. The molecule has 1 aliphatic heterocycles. The van der Waals surface area contributed by atoms with E-state index >= 15 is 0 Å². The van der Waals surface area contributed by atoms with Crippen LogP contribution >= 0.6 is 7.92 Å². The Morgan fingerprint density at radius 3 is 2.07 bits per heavy atom. The molecule has 0 atom stereocenters. The van der Waals surface area contributed by atoms with Gasteiger partial charge in [0.05, 0.1) is 0 Å². The van der Waals surface area contributed by atoms with Crippen LogP contribution in [0.4, 0.5) is 0 Å². The van der Waals surface area contributed by atoms with E-state index in [1.807, 2.05) is 0 Å². The van der Waals surface area contributed by atoms with Crippen molar-refractivity contribution in [2.75, 3.05) is 6.66 Å². The predicted molar refractivity (Wildman–Crippen MR) is 64.2 cm³/mol. The van der Waals surface area contributed by atoms with Crippen LogP contribution in [0.1, 0.15) is 11.1 Å². The lowest BCUT2D eigenvalue weighted by molar-refractivity contribution is 1.30. The van der Waals surface area contributed by atoms with Gasteiger partial charge in [-0.15, -0.1) is 7.92 Å². The minimum Gasteiger partial charge on any atom is -0.101 e. The molecule has 0 saturated heterocycles. The first-order chi connectivity index (χ1) is 6.84. The highest BCUT2D eigenvalue weighted by atomic mass is 31.1. The van der Waals surface area contributed by atoms with E-state index in [0.717, 1.165) is 0 Å². The lowest BCUT2D eigenvalue weighted by Gasteiger charge is -2.22. The Morgan fingerprint density at radius 2 is 1.50 bits per heavy atom. The molecule has 0 unspecified atom stereocenters. The Bertz CT molecular complexity index is 447. The van der Waals surface area contributed by atoms with Crippen LogP contribution in [0.15, 0.2) is 36.4 Å². The summed E-state index contributed by atoms with van der Waals surface area (Å²) in [5, 5.41) is 2.96. The van der Waals surface area contributed by atoms with Gasteiger partial charge < -0.3 is 0 Å². The van der Waals surface area contributed by atoms with Crippen LogP contribution in [-0.2, 0) is 12.3 Å². The fraction of sp³-hybridized carbons (Fsp3) is 0.231. The summed E-state index contributed by atoms with van der Waals surface area (Å²) in [7, 11) is 0.196. The zero-order chi connectivity index (χ0) is 9.54. The van der Waals surface area contributed by atoms with Crippen molar-refractivity contribution < 1.29 is 0 Å². The van der Waals surface area contributed by atoms with Crippen molar-refractivity contribution in [3.05, 3.63) is 47.5 Å². The quantitative estimate of drug-likeness (QED) is 0.564. The lowest BCUT2D eigenvalue weighted by Crippen LogP contribution is -1.98. The number of benzene rings is 2. The molecule has 0 fully saturated rings. The monoisotopic (exact) mass is 200 g/mol. The van der Waals surface area contributed by atoms with E-state index in [1.165, 1.54) is 23.1 Å². The third-order valence-electron chi connectivity index (χ3n) is 2.96. The molecule has 0 spiro atoms. The fourth-order valence-corrected chi connectivity index (χ4v) is 4.20. The molecule has 14 heavy (non-hydrogen) atoms. The standard InChI is InChI=1S/C13H13P/c1-14-8-11-6-2-4-10-5-3-7-12(9-14)13(10)11/h2-7H,8-9H2,1H3. The van der Waals surface area contributed by atoms with Crippen molar-refractivity contribution in [2.24, 2.45) is 0 Å². The molecule has 0 aromatic heterocycles. The molecule has 1 aliphatic rings. The first kappa shape index (κ1) is 8.44. The molecule has 0 saturated carbocycles. The molecule has 0 nitrogen and oxygen atoms in total. The van der Waals surface area contributed by atoms with Crippen LogP contribution in [0.2, 0.25) is 0 Å². The number of hydrogen-bond acceptors (Lipinski definition) is 0. The summed E-state index contributed by atoms with van der Waals surface area (Å²) >= 11 is 0. The van der Waals surface area contributed by atoms with Gasteiger partial charge in [0.2, 0.25) is 0 Å². The molecule has 70 valence electrons. The van der Waals surface area contributed by atoms with E-state index in [4.69, 9.17) is 0 Å². The topological polar surface area (TPSA) is 0 Å². The van der Waals surface area contributed by atoms with Crippen molar-refractivity contribution in [3.63, 3.8) is 0 Å². The van der Waals surface area contributed by atoms with Crippen LogP contribution in [0, 0.1) is 0 Å². The maximum atomic E-state index is 2.41. The summed E-state index contributed by atoms with van der Waals surface area (Å²) in [6.45, 7) is 2.41. The van der Waals surface area contributed by atoms with Gasteiger partial charge in [0.1, 0.15) is 0 Å². The molecule has 3 rings (SSSR count). The average molecular weight is 200 g/mol. The lowest BCUT2D eigenvalue weighted by atomic mass is 10.0. The second-order valence-corrected chi connectivity index (χ2v) is 6.45. The summed E-state index contributed by atoms with van der Waals surface area (Å²) in [6.07, 6.45) is 2.62. The Balaban J connectivity index is 2.40. The van der Waals surface area contributed by atoms with Crippen LogP contribution < -0.4 is 0 Å². The number of hydrogen-bond donors (Lipinski definition) is 0. The molecule has 1 heteroatoms. The Hall–Kier alpha value is -0.870. The maximum absolute atomic E-state index is 2.41. The molecule has 2 aromatic carbocycles. The van der Waals surface area contributed by atoms with Gasteiger partial charge in [-0.2, -0.15) is 0 Å². The van der Waals surface area contributed by atoms with Gasteiger partial charge in [0, 0.05) is 0 Å². The van der Waals surface area contributed by atoms with Gasteiger partial charge in [-0.1, -0.05) is 36.4 Å². The van der Waals surface area contributed by atoms with E-state index in [0.29, 0.717) is 0 Å². The van der Waals surface area contributed by atoms with Gasteiger partial charge in [-0.3, -0.25) is 0 Å². The van der Waals surface area contributed by atoms with E-state index in [9.17, 15) is 0 Å². The summed E-state index contributed by atoms with van der Waals surface area (Å²) in [4.78, 5) is 0. The molecule has 0 amide bonds. The van der Waals surface area contributed by atoms with Crippen molar-refractivity contribution in [3.8, 4) is 0 Å². The van der Waals surface area contributed by atoms with Crippen molar-refractivity contribution in [1.29, 1.82) is 0 Å². The van der Waals surface area contributed by atoms with E-state index in [-0.39, 0.29) is 7.92 Å². The highest BCUT2D eigenvalue weighted by molar-refractivity contribution is 7.55. The smallest absolute Gasteiger partial charge is 0.00663 e. The fourth-order valence-electron chi connectivity index (χ4n) is 2.40. The highest BCUT2D eigenvalue weighted by Crippen LogP contribution is 2.46. The van der Waals surface area contributed by atoms with Crippen LogP contribution in [-0.4, -0.2) is 6.66 Å². The van der Waals surface area contributed by atoms with Gasteiger partial charge in [-0.25, -0.2) is 0 Å². The van der Waals surface area contributed by atoms with Crippen molar-refractivity contribution in [1.82, 2.24) is 0 Å². The minimum absolute atomic E-state index is 0.196. The summed E-state index contributed by atoms with van der Waals surface area (Å²) < 4.78 is 0. The van der Waals surface area contributed by atoms with Crippen LogP contribution in [0.3, 0.4) is 0 Å². The van der Waals surface area contributed by atoms with E-state index in [1.54, 1.807) is 11.1 Å². The first-order valence-electron chi connectivity index (χ1n) is 5.02. The summed E-state index contributed by atoms with van der Waals surface area (Å²) in [6, 6.07) is 13.4. The molecule has 1 heterocycles.